The summed E-state index contributed by atoms with van der Waals surface area (Å²) in [5.41, 5.74) is -0.230. The van der Waals surface area contributed by atoms with Crippen molar-refractivity contribution in [1.29, 1.82) is 0 Å². The Balaban J connectivity index is 0.000000288. The molecule has 0 radical (unpaired) electrons. The van der Waals surface area contributed by atoms with E-state index in [4.69, 9.17) is 9.29 Å². The van der Waals surface area contributed by atoms with Crippen LogP contribution in [0.3, 0.4) is 0 Å². The molecule has 2 unspecified atom stereocenters. The minimum absolute atomic E-state index is 0. The molecule has 4 N–H and O–H groups in total. The van der Waals surface area contributed by atoms with E-state index >= 15 is 0 Å². The predicted molar refractivity (Wildman–Crippen MR) is 102 cm³/mol. The number of Topliss-reactive ketones (excluding diaryl/α,β-unsaturated/α-hetero) is 1. The van der Waals surface area contributed by atoms with Gasteiger partial charge < -0.3 is 15.5 Å². The van der Waals surface area contributed by atoms with Gasteiger partial charge in [-0.3, -0.25) is 14.2 Å². The molecule has 0 saturated carbocycles. The van der Waals surface area contributed by atoms with Crippen LogP contribution in [0.5, 0.6) is 0 Å². The van der Waals surface area contributed by atoms with E-state index in [1.54, 1.807) is 18.2 Å². The monoisotopic (exact) mass is 402 g/mol. The average molecular weight is 403 g/mol. The van der Waals surface area contributed by atoms with Gasteiger partial charge in [0, 0.05) is 31.6 Å². The van der Waals surface area contributed by atoms with Crippen molar-refractivity contribution in [3.8, 4) is 0 Å². The molecular weight excluding hydrogens is 372 g/mol. The molecule has 154 valence electrons. The first kappa shape index (κ1) is 23.7. The van der Waals surface area contributed by atoms with Gasteiger partial charge in [0.1, 0.15) is 0 Å². The second-order valence-corrected chi connectivity index (χ2v) is 9.12. The van der Waals surface area contributed by atoms with E-state index in [1.165, 1.54) is 12.1 Å². The first-order chi connectivity index (χ1) is 12.1. The van der Waals surface area contributed by atoms with Gasteiger partial charge in [0.05, 0.1) is 23.6 Å². The van der Waals surface area contributed by atoms with Gasteiger partial charge >= 0.3 is 0 Å². The second-order valence-electron chi connectivity index (χ2n) is 7.69. The van der Waals surface area contributed by atoms with Crippen molar-refractivity contribution in [2.45, 2.75) is 37.9 Å². The third-order valence-electron chi connectivity index (χ3n) is 4.30. The van der Waals surface area contributed by atoms with Crippen LogP contribution in [0.25, 0.3) is 0 Å². The largest absolute Gasteiger partial charge is 0.412 e. The van der Waals surface area contributed by atoms with Crippen LogP contribution in [0.2, 0.25) is 0 Å². The SMILES string of the molecule is CC(C)(C)C(=O)CN1CC2CNCC(C1)O2.O.O=S(=O)(O)c1ccccc1. The quantitative estimate of drug-likeness (QED) is 0.700. The van der Waals surface area contributed by atoms with Crippen molar-refractivity contribution in [2.24, 2.45) is 5.41 Å². The van der Waals surface area contributed by atoms with E-state index in [0.717, 1.165) is 26.2 Å². The molecule has 8 nitrogen and oxygen atoms in total. The number of fused-ring (bicyclic) bond motifs is 2. The fourth-order valence-corrected chi connectivity index (χ4v) is 3.30. The predicted octanol–water partition coefficient (Wildman–Crippen LogP) is 0.383. The van der Waals surface area contributed by atoms with Crippen molar-refractivity contribution in [3.63, 3.8) is 0 Å². The molecule has 3 rings (SSSR count). The molecule has 2 aliphatic heterocycles. The molecule has 2 aliphatic rings. The van der Waals surface area contributed by atoms with Crippen LogP contribution in [-0.4, -0.2) is 74.1 Å². The first-order valence-electron chi connectivity index (χ1n) is 8.70. The van der Waals surface area contributed by atoms with Crippen molar-refractivity contribution >= 4 is 15.9 Å². The normalized spacial score (nSPS) is 22.8. The number of nitrogens with zero attached hydrogens (tertiary/aromatic N) is 1. The van der Waals surface area contributed by atoms with Crippen LogP contribution < -0.4 is 5.32 Å². The second kappa shape index (κ2) is 9.72. The summed E-state index contributed by atoms with van der Waals surface area (Å²) in [5.74, 6) is 0.320. The van der Waals surface area contributed by atoms with E-state index < -0.39 is 10.1 Å². The number of carbonyl (C=O) groups is 1. The number of hydrogen-bond donors (Lipinski definition) is 2. The van der Waals surface area contributed by atoms with E-state index in [1.807, 2.05) is 20.8 Å². The zero-order chi connectivity index (χ0) is 19.4. The van der Waals surface area contributed by atoms with E-state index in [-0.39, 0.29) is 28.0 Å². The summed E-state index contributed by atoms with van der Waals surface area (Å²) in [6.45, 7) is 10.1. The summed E-state index contributed by atoms with van der Waals surface area (Å²) in [5, 5.41) is 3.35. The Hall–Kier alpha value is -1.36. The van der Waals surface area contributed by atoms with Gasteiger partial charge in [0.2, 0.25) is 0 Å². The minimum atomic E-state index is -4.00. The molecule has 2 saturated heterocycles. The molecule has 0 aromatic heterocycles. The number of carbonyl (C=O) groups excluding carboxylic acids is 1. The molecule has 2 atom stereocenters. The van der Waals surface area contributed by atoms with Gasteiger partial charge in [-0.1, -0.05) is 39.0 Å². The Kier molecular flexibility index (Phi) is 8.52. The Labute approximate surface area is 160 Å². The Morgan fingerprint density at radius 2 is 1.70 bits per heavy atom. The standard InChI is InChI=1S/C12H22N2O2.C6H6O3S.H2O/c1-12(2,3)11(15)8-14-6-9-4-13-5-10(7-14)16-9;7-10(8,9)6-4-2-1-3-5-6;/h9-10,13H,4-8H2,1-3H3;1-5H,(H,7,8,9);1H2. The molecule has 27 heavy (non-hydrogen) atoms. The highest BCUT2D eigenvalue weighted by molar-refractivity contribution is 7.85. The lowest BCUT2D eigenvalue weighted by Crippen LogP contribution is -2.59. The average Bonchev–Trinajstić information content (AvgIpc) is 2.54. The number of hydrogen-bond acceptors (Lipinski definition) is 6. The molecule has 9 heteroatoms. The van der Waals surface area contributed by atoms with Crippen molar-refractivity contribution in [1.82, 2.24) is 10.2 Å². The zero-order valence-electron chi connectivity index (χ0n) is 16.0. The summed E-state index contributed by atoms with van der Waals surface area (Å²) in [4.78, 5) is 14.1. The molecule has 0 aliphatic carbocycles. The summed E-state index contributed by atoms with van der Waals surface area (Å²) in [6.07, 6.45) is 0.528. The fourth-order valence-electron chi connectivity index (χ4n) is 2.80. The smallest absolute Gasteiger partial charge is 0.294 e. The maximum atomic E-state index is 12.0. The maximum Gasteiger partial charge on any atom is 0.294 e. The number of morpholine rings is 2. The number of ketones is 1. The lowest BCUT2D eigenvalue weighted by molar-refractivity contribution is -0.134. The Morgan fingerprint density at radius 3 is 2.11 bits per heavy atom. The molecule has 0 spiro atoms. The van der Waals surface area contributed by atoms with Crippen LogP contribution in [0.15, 0.2) is 35.2 Å². The molecule has 0 amide bonds. The number of benzene rings is 1. The van der Waals surface area contributed by atoms with E-state index in [9.17, 15) is 13.2 Å². The zero-order valence-corrected chi connectivity index (χ0v) is 16.8. The van der Waals surface area contributed by atoms with Gasteiger partial charge in [0.25, 0.3) is 10.1 Å². The Bertz CT molecular complexity index is 690. The van der Waals surface area contributed by atoms with Gasteiger partial charge in [-0.25, -0.2) is 0 Å². The van der Waals surface area contributed by atoms with Gasteiger partial charge in [-0.15, -0.1) is 0 Å². The van der Waals surface area contributed by atoms with Gasteiger partial charge in [-0.2, -0.15) is 8.42 Å². The van der Waals surface area contributed by atoms with Crippen LogP contribution in [0.1, 0.15) is 20.8 Å². The third kappa shape index (κ3) is 7.65. The van der Waals surface area contributed by atoms with E-state index in [0.29, 0.717) is 12.3 Å². The van der Waals surface area contributed by atoms with Gasteiger partial charge in [0.15, 0.2) is 5.78 Å². The highest BCUT2D eigenvalue weighted by atomic mass is 32.2. The lowest BCUT2D eigenvalue weighted by Gasteiger charge is -2.42. The maximum absolute atomic E-state index is 12.0. The molecule has 2 heterocycles. The van der Waals surface area contributed by atoms with Crippen LogP contribution in [-0.2, 0) is 19.6 Å². The summed E-state index contributed by atoms with van der Waals surface area (Å²) >= 11 is 0. The molecule has 2 fully saturated rings. The first-order valence-corrected chi connectivity index (χ1v) is 10.1. The van der Waals surface area contributed by atoms with E-state index in [2.05, 4.69) is 10.2 Å². The van der Waals surface area contributed by atoms with Crippen LogP contribution >= 0.6 is 0 Å². The van der Waals surface area contributed by atoms with Gasteiger partial charge in [-0.05, 0) is 12.1 Å². The fraction of sp³-hybridized carbons (Fsp3) is 0.611. The number of rotatable bonds is 3. The minimum Gasteiger partial charge on any atom is -0.412 e. The molecular formula is C18H30N2O6S. The van der Waals surface area contributed by atoms with Crippen LogP contribution in [0.4, 0.5) is 0 Å². The Morgan fingerprint density at radius 1 is 1.19 bits per heavy atom. The highest BCUT2D eigenvalue weighted by Crippen LogP contribution is 2.18. The summed E-state index contributed by atoms with van der Waals surface area (Å²) in [7, 11) is -4.00. The van der Waals surface area contributed by atoms with Crippen LogP contribution in [0, 0.1) is 5.41 Å². The molecule has 2 bridgehead atoms. The van der Waals surface area contributed by atoms with Crippen molar-refractivity contribution < 1.29 is 28.0 Å². The third-order valence-corrected chi connectivity index (χ3v) is 5.17. The van der Waals surface area contributed by atoms with Crippen molar-refractivity contribution in [2.75, 3.05) is 32.7 Å². The number of nitrogens with one attached hydrogen (secondary N) is 1. The molecule has 1 aromatic rings. The topological polar surface area (TPSA) is 127 Å². The summed E-state index contributed by atoms with van der Waals surface area (Å²) < 4.78 is 35.0. The molecule has 1 aromatic carbocycles. The number of ether oxygens (including phenoxy) is 1. The highest BCUT2D eigenvalue weighted by Gasteiger charge is 2.33. The summed E-state index contributed by atoms with van der Waals surface area (Å²) in [6, 6.07) is 7.42. The lowest BCUT2D eigenvalue weighted by atomic mass is 9.90. The van der Waals surface area contributed by atoms with Crippen molar-refractivity contribution in [3.05, 3.63) is 30.3 Å².